The molecule has 0 radical (unpaired) electrons. The van der Waals surface area contributed by atoms with Crippen LogP contribution < -0.4 is 5.32 Å². The molecule has 98 valence electrons. The van der Waals surface area contributed by atoms with Crippen molar-refractivity contribution in [3.05, 3.63) is 0 Å². The Morgan fingerprint density at radius 1 is 1.53 bits per heavy atom. The highest BCUT2D eigenvalue weighted by molar-refractivity contribution is 5.86. The molecule has 1 saturated heterocycles. The van der Waals surface area contributed by atoms with E-state index in [0.717, 1.165) is 12.8 Å². The Labute approximate surface area is 101 Å². The maximum absolute atomic E-state index is 11.8. The monoisotopic (exact) mass is 244 g/mol. The maximum Gasteiger partial charge on any atom is 0.329 e. The molecule has 2 amide bonds. The highest BCUT2D eigenvalue weighted by atomic mass is 16.5. The van der Waals surface area contributed by atoms with Crippen LogP contribution in [0.5, 0.6) is 0 Å². The van der Waals surface area contributed by atoms with Crippen LogP contribution in [0.2, 0.25) is 0 Å². The zero-order valence-corrected chi connectivity index (χ0v) is 10.4. The summed E-state index contributed by atoms with van der Waals surface area (Å²) in [5.74, 6) is -0.943. The van der Waals surface area contributed by atoms with E-state index in [0.29, 0.717) is 26.1 Å². The number of ether oxygens (including phenoxy) is 1. The lowest BCUT2D eigenvalue weighted by Gasteiger charge is -2.31. The van der Waals surface area contributed by atoms with Crippen molar-refractivity contribution in [2.24, 2.45) is 0 Å². The molecule has 6 nitrogen and oxygen atoms in total. The lowest BCUT2D eigenvalue weighted by atomic mass is 10.00. The molecule has 1 aliphatic rings. The summed E-state index contributed by atoms with van der Waals surface area (Å²) < 4.78 is 4.87. The van der Waals surface area contributed by atoms with Gasteiger partial charge in [0.05, 0.1) is 0 Å². The molecule has 1 heterocycles. The summed E-state index contributed by atoms with van der Waals surface area (Å²) in [5.41, 5.74) is -1.06. The third-order valence-corrected chi connectivity index (χ3v) is 3.15. The number of carboxylic acids is 1. The number of nitrogens with one attached hydrogen (secondary N) is 1. The fourth-order valence-electron chi connectivity index (χ4n) is 2.02. The summed E-state index contributed by atoms with van der Waals surface area (Å²) in [4.78, 5) is 24.4. The van der Waals surface area contributed by atoms with E-state index < -0.39 is 11.5 Å². The van der Waals surface area contributed by atoms with Crippen molar-refractivity contribution in [3.8, 4) is 0 Å². The molecular formula is C11H20N2O4. The standard InChI is InChI=1S/C11H20N2O4/c1-11(9(14)15)5-3-7-13(11)10(16)12-6-4-8-17-2/h3-8H2,1-2H3,(H,12,16)(H,14,15). The fourth-order valence-corrected chi connectivity index (χ4v) is 2.02. The van der Waals surface area contributed by atoms with E-state index in [-0.39, 0.29) is 6.03 Å². The molecule has 0 saturated carbocycles. The molecule has 0 aromatic heterocycles. The number of rotatable bonds is 5. The zero-order chi connectivity index (χ0) is 12.9. The first-order valence-electron chi connectivity index (χ1n) is 5.80. The zero-order valence-electron chi connectivity index (χ0n) is 10.4. The Morgan fingerprint density at radius 2 is 2.24 bits per heavy atom. The first-order chi connectivity index (χ1) is 8.02. The summed E-state index contributed by atoms with van der Waals surface area (Å²) in [6.07, 6.45) is 1.96. The average molecular weight is 244 g/mol. The fraction of sp³-hybridized carbons (Fsp3) is 0.818. The number of carbonyl (C=O) groups excluding carboxylic acids is 1. The molecule has 1 unspecified atom stereocenters. The van der Waals surface area contributed by atoms with Gasteiger partial charge in [0.2, 0.25) is 0 Å². The first-order valence-corrected chi connectivity index (χ1v) is 5.80. The van der Waals surface area contributed by atoms with Crippen LogP contribution in [0.15, 0.2) is 0 Å². The number of urea groups is 1. The summed E-state index contributed by atoms with van der Waals surface area (Å²) in [7, 11) is 1.60. The molecule has 1 fully saturated rings. The van der Waals surface area contributed by atoms with Crippen LogP contribution in [0.25, 0.3) is 0 Å². The van der Waals surface area contributed by atoms with Crippen LogP contribution in [-0.2, 0) is 9.53 Å². The molecule has 2 N–H and O–H groups in total. The van der Waals surface area contributed by atoms with Gasteiger partial charge in [0.25, 0.3) is 0 Å². The van der Waals surface area contributed by atoms with Gasteiger partial charge in [0, 0.05) is 26.8 Å². The third-order valence-electron chi connectivity index (χ3n) is 3.15. The van der Waals surface area contributed by atoms with Gasteiger partial charge in [-0.2, -0.15) is 0 Å². The van der Waals surface area contributed by atoms with E-state index >= 15 is 0 Å². The van der Waals surface area contributed by atoms with E-state index in [1.54, 1.807) is 14.0 Å². The topological polar surface area (TPSA) is 78.9 Å². The van der Waals surface area contributed by atoms with E-state index in [1.165, 1.54) is 4.90 Å². The minimum atomic E-state index is -1.06. The van der Waals surface area contributed by atoms with E-state index in [4.69, 9.17) is 9.84 Å². The molecule has 0 aromatic carbocycles. The van der Waals surface area contributed by atoms with Gasteiger partial charge >= 0.3 is 12.0 Å². The van der Waals surface area contributed by atoms with Gasteiger partial charge in [0.1, 0.15) is 5.54 Å². The maximum atomic E-state index is 11.8. The number of carboxylic acid groups (broad SMARTS) is 1. The molecule has 17 heavy (non-hydrogen) atoms. The number of amides is 2. The number of hydrogen-bond donors (Lipinski definition) is 2. The second-order valence-corrected chi connectivity index (χ2v) is 4.41. The molecular weight excluding hydrogens is 224 g/mol. The predicted molar refractivity (Wildman–Crippen MR) is 61.9 cm³/mol. The van der Waals surface area contributed by atoms with Gasteiger partial charge in [-0.25, -0.2) is 9.59 Å². The number of hydrogen-bond acceptors (Lipinski definition) is 3. The molecule has 0 bridgehead atoms. The highest BCUT2D eigenvalue weighted by Gasteiger charge is 2.45. The minimum absolute atomic E-state index is 0.302. The van der Waals surface area contributed by atoms with Gasteiger partial charge in [-0.05, 0) is 26.2 Å². The van der Waals surface area contributed by atoms with Crippen LogP contribution in [0.4, 0.5) is 4.79 Å². The molecule has 6 heteroatoms. The molecule has 1 aliphatic heterocycles. The first kappa shape index (κ1) is 13.8. The summed E-state index contributed by atoms with van der Waals surface area (Å²) in [6.45, 7) is 3.17. The van der Waals surface area contributed by atoms with E-state index in [2.05, 4.69) is 5.32 Å². The van der Waals surface area contributed by atoms with Gasteiger partial charge in [-0.1, -0.05) is 0 Å². The van der Waals surface area contributed by atoms with Gasteiger partial charge < -0.3 is 20.1 Å². The van der Waals surface area contributed by atoms with Crippen molar-refractivity contribution in [2.75, 3.05) is 26.8 Å². The van der Waals surface area contributed by atoms with Crippen molar-refractivity contribution in [2.45, 2.75) is 31.7 Å². The van der Waals surface area contributed by atoms with Gasteiger partial charge in [-0.15, -0.1) is 0 Å². The van der Waals surface area contributed by atoms with Crippen LogP contribution in [0, 0.1) is 0 Å². The summed E-state index contributed by atoms with van der Waals surface area (Å²) >= 11 is 0. The molecule has 0 spiro atoms. The molecule has 1 rings (SSSR count). The van der Waals surface area contributed by atoms with E-state index in [9.17, 15) is 9.59 Å². The number of aliphatic carboxylic acids is 1. The van der Waals surface area contributed by atoms with Crippen LogP contribution in [-0.4, -0.2) is 54.4 Å². The number of carbonyl (C=O) groups is 2. The Balaban J connectivity index is 2.48. The summed E-state index contributed by atoms with van der Waals surface area (Å²) in [6, 6.07) is -0.302. The second kappa shape index (κ2) is 5.86. The van der Waals surface area contributed by atoms with Crippen molar-refractivity contribution >= 4 is 12.0 Å². The van der Waals surface area contributed by atoms with Gasteiger partial charge in [0.15, 0.2) is 0 Å². The SMILES string of the molecule is COCCCNC(=O)N1CCCC1(C)C(=O)O. The van der Waals surface area contributed by atoms with Crippen molar-refractivity contribution in [1.29, 1.82) is 0 Å². The normalized spacial score (nSPS) is 23.8. The molecule has 1 atom stereocenters. The Morgan fingerprint density at radius 3 is 2.82 bits per heavy atom. The van der Waals surface area contributed by atoms with Crippen LogP contribution in [0.1, 0.15) is 26.2 Å². The molecule has 0 aliphatic carbocycles. The van der Waals surface area contributed by atoms with E-state index in [1.807, 2.05) is 0 Å². The van der Waals surface area contributed by atoms with Crippen molar-refractivity contribution in [3.63, 3.8) is 0 Å². The lowest BCUT2D eigenvalue weighted by Crippen LogP contribution is -2.54. The second-order valence-electron chi connectivity index (χ2n) is 4.41. The number of nitrogens with zero attached hydrogens (tertiary/aromatic N) is 1. The van der Waals surface area contributed by atoms with Crippen molar-refractivity contribution in [1.82, 2.24) is 10.2 Å². The largest absolute Gasteiger partial charge is 0.480 e. The average Bonchev–Trinajstić information content (AvgIpc) is 2.68. The Hall–Kier alpha value is -1.30. The summed E-state index contributed by atoms with van der Waals surface area (Å²) in [5, 5.41) is 11.9. The van der Waals surface area contributed by atoms with Gasteiger partial charge in [-0.3, -0.25) is 0 Å². The van der Waals surface area contributed by atoms with Crippen LogP contribution in [0.3, 0.4) is 0 Å². The quantitative estimate of drug-likeness (QED) is 0.697. The molecule has 0 aromatic rings. The third kappa shape index (κ3) is 3.09. The van der Waals surface area contributed by atoms with Crippen molar-refractivity contribution < 1.29 is 19.4 Å². The Bertz CT molecular complexity index is 295. The number of likely N-dealkylation sites (tertiary alicyclic amines) is 1. The highest BCUT2D eigenvalue weighted by Crippen LogP contribution is 2.28. The lowest BCUT2D eigenvalue weighted by molar-refractivity contribution is -0.147. The Kier molecular flexibility index (Phi) is 4.74. The number of methoxy groups -OCH3 is 1. The smallest absolute Gasteiger partial charge is 0.329 e. The minimum Gasteiger partial charge on any atom is -0.480 e. The predicted octanol–water partition coefficient (Wildman–Crippen LogP) is 0.672. The van der Waals surface area contributed by atoms with Crippen LogP contribution >= 0.6 is 0 Å².